The minimum atomic E-state index is -1.04. The van der Waals surface area contributed by atoms with E-state index in [9.17, 15) is 4.79 Å². The number of ether oxygens (including phenoxy) is 1. The van der Waals surface area contributed by atoms with E-state index in [4.69, 9.17) is 21.4 Å². The summed E-state index contributed by atoms with van der Waals surface area (Å²) in [6.07, 6.45) is 2.74. The first-order valence-electron chi connectivity index (χ1n) is 5.06. The molecule has 18 heavy (non-hydrogen) atoms. The Balaban J connectivity index is 2.12. The molecule has 2 aromatic heterocycles. The Morgan fingerprint density at radius 3 is 2.89 bits per heavy atom. The van der Waals surface area contributed by atoms with Crippen molar-refractivity contribution in [1.82, 2.24) is 14.8 Å². The quantitative estimate of drug-likeness (QED) is 0.913. The van der Waals surface area contributed by atoms with Crippen LogP contribution in [-0.2, 0) is 13.7 Å². The Labute approximate surface area is 108 Å². The van der Waals surface area contributed by atoms with Gasteiger partial charge in [-0.05, 0) is 6.07 Å². The lowest BCUT2D eigenvalue weighted by atomic mass is 10.2. The molecule has 2 heterocycles. The van der Waals surface area contributed by atoms with Gasteiger partial charge in [0.2, 0.25) is 5.88 Å². The summed E-state index contributed by atoms with van der Waals surface area (Å²) in [4.78, 5) is 14.9. The minimum absolute atomic E-state index is 0.0762. The molecule has 0 amide bonds. The van der Waals surface area contributed by atoms with Gasteiger partial charge in [-0.3, -0.25) is 4.68 Å². The Kier molecular flexibility index (Phi) is 3.47. The molecule has 0 radical (unpaired) electrons. The highest BCUT2D eigenvalue weighted by atomic mass is 35.5. The van der Waals surface area contributed by atoms with Gasteiger partial charge in [-0.1, -0.05) is 11.6 Å². The van der Waals surface area contributed by atoms with Crippen molar-refractivity contribution in [3.8, 4) is 5.88 Å². The van der Waals surface area contributed by atoms with Gasteiger partial charge in [0.1, 0.15) is 12.2 Å². The number of carbonyl (C=O) groups is 1. The second-order valence-electron chi connectivity index (χ2n) is 3.54. The molecule has 94 valence electrons. The number of hydrogen-bond donors (Lipinski definition) is 1. The van der Waals surface area contributed by atoms with E-state index < -0.39 is 5.97 Å². The lowest BCUT2D eigenvalue weighted by Crippen LogP contribution is -2.08. The van der Waals surface area contributed by atoms with Crippen molar-refractivity contribution < 1.29 is 14.6 Å². The first-order chi connectivity index (χ1) is 8.58. The number of pyridine rings is 1. The van der Waals surface area contributed by atoms with E-state index in [0.29, 0.717) is 16.6 Å². The third kappa shape index (κ3) is 2.60. The third-order valence-corrected chi connectivity index (χ3v) is 2.57. The van der Waals surface area contributed by atoms with Crippen LogP contribution in [-0.4, -0.2) is 25.8 Å². The van der Waals surface area contributed by atoms with Gasteiger partial charge in [0.15, 0.2) is 0 Å². The second kappa shape index (κ2) is 5.05. The maximum Gasteiger partial charge on any atom is 0.339 e. The van der Waals surface area contributed by atoms with Gasteiger partial charge in [-0.2, -0.15) is 5.10 Å². The van der Waals surface area contributed by atoms with Crippen LogP contribution in [0, 0.1) is 0 Å². The van der Waals surface area contributed by atoms with E-state index in [-0.39, 0.29) is 12.2 Å². The summed E-state index contributed by atoms with van der Waals surface area (Å²) in [5, 5.41) is 13.4. The van der Waals surface area contributed by atoms with Gasteiger partial charge >= 0.3 is 5.97 Å². The van der Waals surface area contributed by atoms with Crippen molar-refractivity contribution in [3.63, 3.8) is 0 Å². The van der Waals surface area contributed by atoms with Gasteiger partial charge in [-0.25, -0.2) is 9.78 Å². The predicted molar refractivity (Wildman–Crippen MR) is 63.7 cm³/mol. The van der Waals surface area contributed by atoms with Gasteiger partial charge < -0.3 is 9.84 Å². The van der Waals surface area contributed by atoms with Crippen molar-refractivity contribution >= 4 is 17.6 Å². The molecule has 0 saturated carbocycles. The number of aromatic nitrogens is 3. The molecule has 0 bridgehead atoms. The maximum absolute atomic E-state index is 10.9. The molecule has 0 atom stereocenters. The maximum atomic E-state index is 10.9. The van der Waals surface area contributed by atoms with Gasteiger partial charge in [0, 0.05) is 19.3 Å². The number of carboxylic acids is 1. The van der Waals surface area contributed by atoms with Gasteiger partial charge in [0.25, 0.3) is 0 Å². The van der Waals surface area contributed by atoms with E-state index in [2.05, 4.69) is 10.1 Å². The van der Waals surface area contributed by atoms with E-state index in [0.717, 1.165) is 0 Å². The van der Waals surface area contributed by atoms with Gasteiger partial charge in [-0.15, -0.1) is 0 Å². The van der Waals surface area contributed by atoms with Crippen molar-refractivity contribution in [2.24, 2.45) is 7.05 Å². The Morgan fingerprint density at radius 1 is 1.50 bits per heavy atom. The average molecular weight is 268 g/mol. The number of aromatic carboxylic acids is 1. The number of nitrogens with zero attached hydrogens (tertiary/aromatic N) is 3. The summed E-state index contributed by atoms with van der Waals surface area (Å²) in [7, 11) is 1.65. The fourth-order valence-electron chi connectivity index (χ4n) is 1.40. The summed E-state index contributed by atoms with van der Waals surface area (Å²) in [5.41, 5.74) is 0.589. The topological polar surface area (TPSA) is 77.2 Å². The van der Waals surface area contributed by atoms with Crippen LogP contribution < -0.4 is 4.74 Å². The standard InChI is InChI=1S/C11H10ClN3O3/c1-15-9(8(5-14-15)11(16)17)6-18-10-3-2-7(12)4-13-10/h2-5H,6H2,1H3,(H,16,17). The normalized spacial score (nSPS) is 10.3. The summed E-state index contributed by atoms with van der Waals surface area (Å²) in [6.45, 7) is 0.0762. The molecule has 0 aliphatic carbocycles. The van der Waals surface area contributed by atoms with Crippen molar-refractivity contribution in [3.05, 3.63) is 40.8 Å². The summed E-state index contributed by atoms with van der Waals surface area (Å²) < 4.78 is 6.84. The van der Waals surface area contributed by atoms with Crippen LogP contribution in [0.15, 0.2) is 24.5 Å². The molecule has 0 spiro atoms. The summed E-state index contributed by atoms with van der Waals surface area (Å²) in [5.74, 6) is -0.664. The van der Waals surface area contributed by atoms with Crippen LogP contribution in [0.2, 0.25) is 5.02 Å². The zero-order chi connectivity index (χ0) is 13.1. The highest BCUT2D eigenvalue weighted by Crippen LogP contribution is 2.14. The summed E-state index contributed by atoms with van der Waals surface area (Å²) in [6, 6.07) is 3.25. The van der Waals surface area contributed by atoms with Crippen LogP contribution in [0.25, 0.3) is 0 Å². The lowest BCUT2D eigenvalue weighted by molar-refractivity contribution is 0.0693. The fraction of sp³-hybridized carbons (Fsp3) is 0.182. The van der Waals surface area contributed by atoms with Crippen LogP contribution in [0.4, 0.5) is 0 Å². The predicted octanol–water partition coefficient (Wildman–Crippen LogP) is 1.75. The molecule has 0 aliphatic rings. The average Bonchev–Trinajstić information content (AvgIpc) is 2.70. The fourth-order valence-corrected chi connectivity index (χ4v) is 1.51. The second-order valence-corrected chi connectivity index (χ2v) is 3.97. The molecule has 0 saturated heterocycles. The zero-order valence-corrected chi connectivity index (χ0v) is 10.3. The van der Waals surface area contributed by atoms with Crippen LogP contribution in [0.1, 0.15) is 16.1 Å². The minimum Gasteiger partial charge on any atom is -0.478 e. The first-order valence-corrected chi connectivity index (χ1v) is 5.44. The van der Waals surface area contributed by atoms with E-state index >= 15 is 0 Å². The van der Waals surface area contributed by atoms with Crippen molar-refractivity contribution in [1.29, 1.82) is 0 Å². The number of halogens is 1. The molecule has 2 rings (SSSR count). The van der Waals surface area contributed by atoms with Crippen LogP contribution in [0.5, 0.6) is 5.88 Å². The number of hydrogen-bond acceptors (Lipinski definition) is 4. The lowest BCUT2D eigenvalue weighted by Gasteiger charge is -2.06. The molecule has 6 nitrogen and oxygen atoms in total. The van der Waals surface area contributed by atoms with Crippen LogP contribution in [0.3, 0.4) is 0 Å². The molecule has 1 N–H and O–H groups in total. The van der Waals surface area contributed by atoms with E-state index in [1.807, 2.05) is 0 Å². The molecule has 7 heteroatoms. The van der Waals surface area contributed by atoms with E-state index in [1.165, 1.54) is 17.1 Å². The number of carboxylic acid groups (broad SMARTS) is 1. The molecule has 2 aromatic rings. The largest absolute Gasteiger partial charge is 0.478 e. The molecular formula is C11H10ClN3O3. The monoisotopic (exact) mass is 267 g/mol. The molecule has 0 aromatic carbocycles. The zero-order valence-electron chi connectivity index (χ0n) is 9.50. The SMILES string of the molecule is Cn1ncc(C(=O)O)c1COc1ccc(Cl)cn1. The molecule has 0 unspecified atom stereocenters. The highest BCUT2D eigenvalue weighted by molar-refractivity contribution is 6.30. The number of rotatable bonds is 4. The van der Waals surface area contributed by atoms with Crippen LogP contribution >= 0.6 is 11.6 Å². The molecule has 0 aliphatic heterocycles. The molecule has 0 fully saturated rings. The van der Waals surface area contributed by atoms with Crippen molar-refractivity contribution in [2.75, 3.05) is 0 Å². The van der Waals surface area contributed by atoms with E-state index in [1.54, 1.807) is 19.2 Å². The highest BCUT2D eigenvalue weighted by Gasteiger charge is 2.15. The smallest absolute Gasteiger partial charge is 0.339 e. The Hall–Kier alpha value is -2.08. The van der Waals surface area contributed by atoms with Crippen molar-refractivity contribution in [2.45, 2.75) is 6.61 Å². The first kappa shape index (κ1) is 12.4. The molecular weight excluding hydrogens is 258 g/mol. The number of aryl methyl sites for hydroxylation is 1. The van der Waals surface area contributed by atoms with Gasteiger partial charge in [0.05, 0.1) is 16.9 Å². The third-order valence-electron chi connectivity index (χ3n) is 2.35. The Morgan fingerprint density at radius 2 is 2.28 bits per heavy atom. The summed E-state index contributed by atoms with van der Waals surface area (Å²) >= 11 is 5.69. The Bertz CT molecular complexity index is 565.